The highest BCUT2D eigenvalue weighted by Gasteiger charge is 2.23. The fourth-order valence-electron chi connectivity index (χ4n) is 4.29. The maximum absolute atomic E-state index is 14.0. The molecule has 1 fully saturated rings. The van der Waals surface area contributed by atoms with Gasteiger partial charge >= 0.3 is 0 Å². The van der Waals surface area contributed by atoms with E-state index in [1.165, 1.54) is 18.2 Å². The van der Waals surface area contributed by atoms with Gasteiger partial charge in [0, 0.05) is 18.5 Å². The van der Waals surface area contributed by atoms with Gasteiger partial charge in [-0.2, -0.15) is 0 Å². The Morgan fingerprint density at radius 3 is 2.42 bits per heavy atom. The van der Waals surface area contributed by atoms with Crippen LogP contribution in [0.15, 0.2) is 42.6 Å². The molecule has 0 saturated carbocycles. The van der Waals surface area contributed by atoms with Crippen molar-refractivity contribution in [3.8, 4) is 11.4 Å². The number of nitrogens with one attached hydrogen (secondary N) is 1. The van der Waals surface area contributed by atoms with E-state index in [-0.39, 0.29) is 12.0 Å². The maximum Gasteiger partial charge on any atom is 0.164 e. The lowest BCUT2D eigenvalue weighted by atomic mass is 10.1. The van der Waals surface area contributed by atoms with E-state index >= 15 is 0 Å². The van der Waals surface area contributed by atoms with Gasteiger partial charge in [0.05, 0.1) is 21.8 Å². The molecule has 1 aliphatic heterocycles. The molecule has 4 aromatic rings. The summed E-state index contributed by atoms with van der Waals surface area (Å²) in [4.78, 5) is 13.9. The van der Waals surface area contributed by atoms with Gasteiger partial charge in [-0.3, -0.25) is 0 Å². The van der Waals surface area contributed by atoms with Crippen molar-refractivity contribution in [1.29, 1.82) is 0 Å². The molecular formula is C24H21Cl2F2N5. The predicted molar refractivity (Wildman–Crippen MR) is 126 cm³/mol. The topological polar surface area (TPSA) is 55.6 Å². The quantitative estimate of drug-likeness (QED) is 0.391. The van der Waals surface area contributed by atoms with E-state index < -0.39 is 11.6 Å². The summed E-state index contributed by atoms with van der Waals surface area (Å²) < 4.78 is 30.1. The van der Waals surface area contributed by atoms with Crippen molar-refractivity contribution in [2.24, 2.45) is 5.92 Å². The second-order valence-electron chi connectivity index (χ2n) is 8.20. The molecule has 5 rings (SSSR count). The Morgan fingerprint density at radius 1 is 1.00 bits per heavy atom. The van der Waals surface area contributed by atoms with Gasteiger partial charge in [-0.05, 0) is 56.1 Å². The van der Waals surface area contributed by atoms with Gasteiger partial charge < -0.3 is 9.88 Å². The van der Waals surface area contributed by atoms with Crippen LogP contribution >= 0.6 is 23.2 Å². The van der Waals surface area contributed by atoms with E-state index in [0.29, 0.717) is 57.3 Å². The maximum atomic E-state index is 14.0. The Balaban J connectivity index is 1.55. The van der Waals surface area contributed by atoms with Crippen LogP contribution in [0.2, 0.25) is 10.0 Å². The largest absolute Gasteiger partial charge is 0.316 e. The molecule has 0 bridgehead atoms. The van der Waals surface area contributed by atoms with Crippen LogP contribution < -0.4 is 5.32 Å². The van der Waals surface area contributed by atoms with Crippen molar-refractivity contribution in [1.82, 2.24) is 24.8 Å². The number of benzene rings is 2. The fourth-order valence-corrected chi connectivity index (χ4v) is 4.85. The minimum absolute atomic E-state index is 0.0373. The third kappa shape index (κ3) is 4.45. The molecule has 33 heavy (non-hydrogen) atoms. The zero-order valence-corrected chi connectivity index (χ0v) is 19.2. The number of aromatic nitrogens is 4. The van der Waals surface area contributed by atoms with E-state index in [4.69, 9.17) is 33.2 Å². The molecule has 5 nitrogen and oxygen atoms in total. The number of hydrogen-bond acceptors (Lipinski definition) is 4. The van der Waals surface area contributed by atoms with Crippen LogP contribution in [0.1, 0.15) is 17.8 Å². The molecule has 9 heteroatoms. The molecule has 3 heterocycles. The summed E-state index contributed by atoms with van der Waals surface area (Å²) in [6.45, 7) is 2.56. The first-order chi connectivity index (χ1) is 16.0. The van der Waals surface area contributed by atoms with Gasteiger partial charge in [-0.1, -0.05) is 35.3 Å². The van der Waals surface area contributed by atoms with E-state index in [0.717, 1.165) is 19.5 Å². The average molecular weight is 488 g/mol. The third-order valence-electron chi connectivity index (χ3n) is 5.99. The van der Waals surface area contributed by atoms with Gasteiger partial charge in [0.1, 0.15) is 28.8 Å². The molecule has 1 aliphatic rings. The van der Waals surface area contributed by atoms with Crippen molar-refractivity contribution in [3.63, 3.8) is 0 Å². The monoisotopic (exact) mass is 487 g/mol. The van der Waals surface area contributed by atoms with Gasteiger partial charge in [0.15, 0.2) is 5.65 Å². The van der Waals surface area contributed by atoms with Crippen LogP contribution in [0.25, 0.3) is 22.6 Å². The fraction of sp³-hybridized carbons (Fsp3) is 0.292. The molecule has 1 saturated heterocycles. The minimum atomic E-state index is -0.564. The number of imidazole rings is 1. The Morgan fingerprint density at radius 2 is 1.73 bits per heavy atom. The molecule has 2 aromatic heterocycles. The second kappa shape index (κ2) is 9.33. The number of aryl methyl sites for hydroxylation is 1. The normalized spacial score (nSPS) is 16.1. The highest BCUT2D eigenvalue weighted by Crippen LogP contribution is 2.36. The number of hydrogen-bond donors (Lipinski definition) is 1. The molecule has 1 atom stereocenters. The zero-order valence-electron chi connectivity index (χ0n) is 17.7. The first-order valence-corrected chi connectivity index (χ1v) is 11.6. The highest BCUT2D eigenvalue weighted by molar-refractivity contribution is 6.39. The smallest absolute Gasteiger partial charge is 0.164 e. The summed E-state index contributed by atoms with van der Waals surface area (Å²) in [5.74, 6) is 0.413. The van der Waals surface area contributed by atoms with Crippen LogP contribution in [0, 0.1) is 17.6 Å². The van der Waals surface area contributed by atoms with Crippen molar-refractivity contribution in [3.05, 3.63) is 75.7 Å². The van der Waals surface area contributed by atoms with Gasteiger partial charge in [0.2, 0.25) is 0 Å². The Kier molecular flexibility index (Phi) is 6.27. The summed E-state index contributed by atoms with van der Waals surface area (Å²) in [6, 6.07) is 9.23. The Hall–Kier alpha value is -2.61. The summed E-state index contributed by atoms with van der Waals surface area (Å²) in [7, 11) is 0. The lowest BCUT2D eigenvalue weighted by molar-refractivity contribution is 0.490. The summed E-state index contributed by atoms with van der Waals surface area (Å²) >= 11 is 13.0. The molecule has 0 spiro atoms. The van der Waals surface area contributed by atoms with E-state index in [1.807, 2.05) is 4.57 Å². The number of fused-ring (bicyclic) bond motifs is 1. The molecule has 1 unspecified atom stereocenters. The summed E-state index contributed by atoms with van der Waals surface area (Å²) in [6.07, 6.45) is 3.15. The third-order valence-corrected chi connectivity index (χ3v) is 6.62. The Labute approximate surface area is 199 Å². The average Bonchev–Trinajstić information content (AvgIpc) is 3.42. The molecule has 0 amide bonds. The SMILES string of the molecule is Fc1cccc(F)c1CCc1ncc2nc(-c3c(Cl)cccc3Cl)n(CC3CCNC3)c2n1. The van der Waals surface area contributed by atoms with Crippen molar-refractivity contribution < 1.29 is 8.78 Å². The molecule has 0 radical (unpaired) electrons. The van der Waals surface area contributed by atoms with Gasteiger partial charge in [-0.15, -0.1) is 0 Å². The van der Waals surface area contributed by atoms with Crippen LogP contribution in [0.5, 0.6) is 0 Å². The summed E-state index contributed by atoms with van der Waals surface area (Å²) in [5.41, 5.74) is 1.97. The number of nitrogens with zero attached hydrogens (tertiary/aromatic N) is 4. The molecule has 1 N–H and O–H groups in total. The first kappa shape index (κ1) is 22.2. The first-order valence-electron chi connectivity index (χ1n) is 10.8. The van der Waals surface area contributed by atoms with E-state index in [1.54, 1.807) is 24.4 Å². The van der Waals surface area contributed by atoms with Crippen LogP contribution in [0.3, 0.4) is 0 Å². The number of halogens is 4. The lowest BCUT2D eigenvalue weighted by Gasteiger charge is -2.15. The molecule has 2 aromatic carbocycles. The minimum Gasteiger partial charge on any atom is -0.316 e. The van der Waals surface area contributed by atoms with Crippen LogP contribution in [-0.4, -0.2) is 32.6 Å². The molecule has 0 aliphatic carbocycles. The van der Waals surface area contributed by atoms with Crippen LogP contribution in [0.4, 0.5) is 8.78 Å². The van der Waals surface area contributed by atoms with E-state index in [2.05, 4.69) is 10.3 Å². The summed E-state index contributed by atoms with van der Waals surface area (Å²) in [5, 5.41) is 4.40. The Bertz CT molecular complexity index is 1280. The second-order valence-corrected chi connectivity index (χ2v) is 9.01. The van der Waals surface area contributed by atoms with Crippen molar-refractivity contribution >= 4 is 34.4 Å². The number of rotatable bonds is 6. The van der Waals surface area contributed by atoms with Gasteiger partial charge in [0.25, 0.3) is 0 Å². The van der Waals surface area contributed by atoms with Crippen molar-refractivity contribution in [2.45, 2.75) is 25.8 Å². The molecule has 170 valence electrons. The predicted octanol–water partition coefficient (Wildman–Crippen LogP) is 5.47. The van der Waals surface area contributed by atoms with Crippen molar-refractivity contribution in [2.75, 3.05) is 13.1 Å². The van der Waals surface area contributed by atoms with E-state index in [9.17, 15) is 8.78 Å². The van der Waals surface area contributed by atoms with Gasteiger partial charge in [-0.25, -0.2) is 23.7 Å². The zero-order chi connectivity index (χ0) is 22.9. The van der Waals surface area contributed by atoms with Crippen LogP contribution in [-0.2, 0) is 19.4 Å². The standard InChI is InChI=1S/C24H21Cl2F2N5/c25-16-3-1-4-17(26)22(16)24-31-20-12-30-21(8-7-15-18(27)5-2-6-19(15)28)32-23(20)33(24)13-14-9-10-29-11-14/h1-6,12,14,29H,7-11,13H2. The highest BCUT2D eigenvalue weighted by atomic mass is 35.5. The molecular weight excluding hydrogens is 467 g/mol. The lowest BCUT2D eigenvalue weighted by Crippen LogP contribution is -2.16.